The number of azo groups is 4. The first kappa shape index (κ1) is 96.1. The van der Waals surface area contributed by atoms with Gasteiger partial charge in [-0.15, -0.1) is 25.6 Å². The largest absolute Gasteiger partial charge is 0.505 e. The van der Waals surface area contributed by atoms with E-state index in [0.29, 0.717) is 92.2 Å². The lowest BCUT2D eigenvalue weighted by Gasteiger charge is -2.12. The Balaban J connectivity index is 0.000000159. The number of halogens is 9. The van der Waals surface area contributed by atoms with Gasteiger partial charge >= 0.3 is 29.8 Å². The van der Waals surface area contributed by atoms with Gasteiger partial charge in [0.2, 0.25) is 6.04 Å². The van der Waals surface area contributed by atoms with Crippen molar-refractivity contribution >= 4 is 224 Å². The van der Waals surface area contributed by atoms with Gasteiger partial charge in [0, 0.05) is 42.5 Å². The van der Waals surface area contributed by atoms with Gasteiger partial charge < -0.3 is 44.3 Å². The molecule has 1 unspecified atom stereocenters. The molecule has 0 bridgehead atoms. The predicted molar refractivity (Wildman–Crippen MR) is 510 cm³/mol. The molecule has 15 rings (SSSR count). The van der Waals surface area contributed by atoms with Crippen LogP contribution in [0.2, 0.25) is 45.2 Å². The number of esters is 5. The number of Topliss-reactive ketones (excluding diaryl/α,β-unsaturated/α-hetero) is 1. The van der Waals surface area contributed by atoms with E-state index in [1.165, 1.54) is 43.3 Å². The molecule has 15 aromatic rings. The van der Waals surface area contributed by atoms with E-state index in [2.05, 4.69) is 46.2 Å². The Kier molecular flexibility index (Phi) is 32.9. The van der Waals surface area contributed by atoms with Crippen LogP contribution in [0, 0.1) is 13.8 Å². The van der Waals surface area contributed by atoms with Gasteiger partial charge in [0.15, 0.2) is 28.8 Å². The van der Waals surface area contributed by atoms with Crippen molar-refractivity contribution in [2.75, 3.05) is 5.32 Å². The van der Waals surface area contributed by atoms with Crippen molar-refractivity contribution in [3.8, 4) is 40.2 Å². The number of hydrogen-bond acceptors (Lipinski definition) is 23. The third kappa shape index (κ3) is 24.9. The number of aromatic hydroxyl groups is 3. The van der Waals surface area contributed by atoms with Crippen LogP contribution in [0.4, 0.5) is 45.5 Å². The number of para-hydroxylation sites is 3. The highest BCUT2D eigenvalue weighted by Gasteiger charge is 2.29. The summed E-state index contributed by atoms with van der Waals surface area (Å²) in [6.45, 7) is 8.31. The first-order valence-corrected chi connectivity index (χ1v) is 42.4. The Morgan fingerprint density at radius 3 is 1.27 bits per heavy atom. The number of nitrogens with one attached hydrogen (secondary N) is 1. The van der Waals surface area contributed by atoms with Crippen molar-refractivity contribution in [2.45, 2.75) is 46.8 Å². The van der Waals surface area contributed by atoms with Gasteiger partial charge in [0.25, 0.3) is 5.91 Å². The number of carbonyl (C=O) groups is 7. The molecule has 0 heterocycles. The van der Waals surface area contributed by atoms with Crippen molar-refractivity contribution in [1.29, 1.82) is 0 Å². The maximum absolute atomic E-state index is 13.1. The van der Waals surface area contributed by atoms with Crippen molar-refractivity contribution in [3.05, 3.63) is 369 Å². The summed E-state index contributed by atoms with van der Waals surface area (Å²) in [6, 6.07) is 77.0. The molecule has 24 nitrogen and oxygen atoms in total. The molecule has 0 aliphatic carbocycles. The van der Waals surface area contributed by atoms with Crippen LogP contribution in [0.1, 0.15) is 83.7 Å². The second-order valence-corrected chi connectivity index (χ2v) is 31.9. The van der Waals surface area contributed by atoms with Crippen molar-refractivity contribution in [1.82, 2.24) is 0 Å². The zero-order valence-corrected chi connectivity index (χ0v) is 75.8. The van der Waals surface area contributed by atoms with Crippen LogP contribution in [0.3, 0.4) is 0 Å². The standard InChI is InChI=1S/C28H21Cl3N2O5.C24H19Cl2N3O4.2C23H14Cl2N2O3/c1-14(2)37-27(35)17-9-8-15(3)23(11-17)32-33-24-19-7-5-4-6-16(19)10-20(25(24)34)28(36)38-26-21(30)12-18(29)13-22(26)31;1-14-18(25)9-6-10-20(14)27-23(31)16-11-12-19(26)21(13-16)28-29-22(15(2)30)24(32)33-17-7-4-3-5-8-17;24-18-11-6-12-19(20(18)25)26-27-21-16-10-5-4-7-14(16)13-17(22(21)28)23(29)30-15-8-2-1-3-9-15;24-15-10-11-19(25)20(13-15)26-27-21-17-9-5-4-6-14(17)12-18(22(21)28)23(29)30-16-7-2-1-3-8-16/h4-14,34H,1-3H3;3-13,22H,1-2H3,(H,27,31);2*1-13,28H. The molecule has 0 spiro atoms. The van der Waals surface area contributed by atoms with E-state index in [4.69, 9.17) is 128 Å². The Hall–Kier alpha value is -14.0. The number of phenolic OH excluding ortho intramolecular Hbond substituents is 3. The summed E-state index contributed by atoms with van der Waals surface area (Å²) in [5.41, 5.74) is 3.83. The summed E-state index contributed by atoms with van der Waals surface area (Å²) < 4.78 is 26.6. The maximum Gasteiger partial charge on any atom is 0.347 e. The SMILES string of the molecule is CC(=O)C(N=Nc1cc(C(=O)Nc2cccc(Cl)c2C)ccc1Cl)C(=O)Oc1ccccc1.Cc1ccc(C(=O)OC(C)C)cc1N=Nc1c(O)c(C(=O)Oc2c(Cl)cc(Cl)cc2Cl)cc2ccccc12.O=C(Oc1ccccc1)c1cc2ccccc2c(N=Nc2cc(Cl)ccc2Cl)c1O.O=C(Oc1ccccc1)c1cc2ccccc2c(N=Nc2cccc(Cl)c2Cl)c1O. The monoisotopic (exact) mass is 1930 g/mol. The lowest BCUT2D eigenvalue weighted by Crippen LogP contribution is -2.30. The van der Waals surface area contributed by atoms with E-state index in [9.17, 15) is 48.9 Å². The van der Waals surface area contributed by atoms with Crippen molar-refractivity contribution in [3.63, 3.8) is 0 Å². The molecule has 131 heavy (non-hydrogen) atoms. The molecule has 0 saturated carbocycles. The van der Waals surface area contributed by atoms with Crippen LogP contribution in [0.5, 0.6) is 40.2 Å². The number of aryl methyl sites for hydroxylation is 1. The summed E-state index contributed by atoms with van der Waals surface area (Å²) in [5.74, 6) is -4.88. The van der Waals surface area contributed by atoms with E-state index in [1.807, 2.05) is 24.3 Å². The summed E-state index contributed by atoms with van der Waals surface area (Å²) >= 11 is 54.8. The molecule has 0 saturated heterocycles. The molecular weight excluding hydrogens is 1860 g/mol. The minimum absolute atomic E-state index is 0.0244. The predicted octanol–water partition coefficient (Wildman–Crippen LogP) is 30.2. The number of rotatable bonds is 21. The fraction of sp³-hybridized carbons (Fsp3) is 0.0714. The van der Waals surface area contributed by atoms with Crippen LogP contribution in [-0.4, -0.2) is 69.0 Å². The van der Waals surface area contributed by atoms with E-state index in [1.54, 1.807) is 252 Å². The lowest BCUT2D eigenvalue weighted by molar-refractivity contribution is -0.139. The van der Waals surface area contributed by atoms with Crippen LogP contribution in [0.25, 0.3) is 32.3 Å². The smallest absolute Gasteiger partial charge is 0.347 e. The Bertz CT molecular complexity index is 6860. The number of anilines is 1. The molecule has 33 heteroatoms. The van der Waals surface area contributed by atoms with Gasteiger partial charge in [-0.3, -0.25) is 9.59 Å². The van der Waals surface area contributed by atoms with E-state index in [-0.39, 0.29) is 99.2 Å². The fourth-order valence-electron chi connectivity index (χ4n) is 12.1. The van der Waals surface area contributed by atoms with Crippen LogP contribution >= 0.6 is 104 Å². The first-order chi connectivity index (χ1) is 62.9. The minimum Gasteiger partial charge on any atom is -0.505 e. The minimum atomic E-state index is -1.48. The number of benzene rings is 15. The van der Waals surface area contributed by atoms with E-state index >= 15 is 0 Å². The molecule has 0 aliphatic heterocycles. The zero-order valence-electron chi connectivity index (χ0n) is 69.0. The van der Waals surface area contributed by atoms with Gasteiger partial charge in [-0.1, -0.05) is 250 Å². The molecule has 0 aromatic heterocycles. The molecule has 0 fully saturated rings. The summed E-state index contributed by atoms with van der Waals surface area (Å²) in [5, 5.41) is 74.6. The third-order valence-corrected chi connectivity index (χ3v) is 21.6. The lowest BCUT2D eigenvalue weighted by atomic mass is 10.0. The average molecular weight is 1930 g/mol. The van der Waals surface area contributed by atoms with E-state index < -0.39 is 53.3 Å². The van der Waals surface area contributed by atoms with Crippen molar-refractivity contribution in [2.24, 2.45) is 40.9 Å². The third-order valence-electron chi connectivity index (χ3n) is 18.7. The van der Waals surface area contributed by atoms with Crippen molar-refractivity contribution < 1.29 is 72.6 Å². The maximum atomic E-state index is 13.1. The molecule has 15 aromatic carbocycles. The Morgan fingerprint density at radius 2 is 0.771 bits per heavy atom. The highest BCUT2D eigenvalue weighted by Crippen LogP contribution is 2.46. The number of amides is 1. The number of nitrogens with zero attached hydrogens (tertiary/aromatic N) is 8. The second-order valence-electron chi connectivity index (χ2n) is 28.2. The number of fused-ring (bicyclic) bond motifs is 3. The molecule has 1 atom stereocenters. The first-order valence-electron chi connectivity index (χ1n) is 39.0. The molecule has 0 aliphatic rings. The van der Waals surface area contributed by atoms with E-state index in [0.717, 1.165) is 11.1 Å². The summed E-state index contributed by atoms with van der Waals surface area (Å²) in [6.07, 6.45) is -0.280. The zero-order chi connectivity index (χ0) is 93.7. The molecule has 4 N–H and O–H groups in total. The van der Waals surface area contributed by atoms with Gasteiger partial charge in [0.1, 0.15) is 68.1 Å². The van der Waals surface area contributed by atoms with Crippen LogP contribution in [-0.2, 0) is 14.3 Å². The van der Waals surface area contributed by atoms with Gasteiger partial charge in [-0.05, 0) is 201 Å². The number of carbonyl (C=O) groups excluding carboxylic acids is 7. The summed E-state index contributed by atoms with van der Waals surface area (Å²) in [7, 11) is 0. The summed E-state index contributed by atoms with van der Waals surface area (Å²) in [4.78, 5) is 87.9. The second kappa shape index (κ2) is 44.8. The molecule has 1 amide bonds. The van der Waals surface area contributed by atoms with Gasteiger partial charge in [-0.25, -0.2) is 24.0 Å². The topological polar surface area (TPSA) is 337 Å². The molecular formula is C98H68Cl9N9O15. The van der Waals surface area contributed by atoms with Gasteiger partial charge in [-0.2, -0.15) is 15.3 Å². The van der Waals surface area contributed by atoms with Gasteiger partial charge in [0.05, 0.1) is 47.5 Å². The fourth-order valence-corrected chi connectivity index (χ4v) is 14.0. The quantitative estimate of drug-likeness (QED) is 0.0225. The number of ether oxygens (including phenoxy) is 5. The molecule has 0 radical (unpaired) electrons. The van der Waals surface area contributed by atoms with Crippen LogP contribution in [0.15, 0.2) is 326 Å². The Labute approximate surface area is 792 Å². The highest BCUT2D eigenvalue weighted by molar-refractivity contribution is 6.44. The Morgan fingerprint density at radius 1 is 0.351 bits per heavy atom. The molecule has 658 valence electrons. The van der Waals surface area contributed by atoms with Crippen LogP contribution < -0.4 is 24.3 Å². The number of hydrogen-bond donors (Lipinski definition) is 4. The number of phenols is 3. The normalized spacial score (nSPS) is 11.4. The number of ketones is 1. The average Bonchev–Trinajstić information content (AvgIpc) is 0.786. The highest BCUT2D eigenvalue weighted by atomic mass is 35.5.